The minimum Gasteiger partial charge on any atom is -0.382 e. The minimum atomic E-state index is -0.583. The number of ether oxygens (including phenoxy) is 1. The van der Waals surface area contributed by atoms with Gasteiger partial charge in [0, 0.05) is 65.3 Å². The van der Waals surface area contributed by atoms with Crippen molar-refractivity contribution in [1.82, 2.24) is 45.7 Å². The number of nitrogens with one attached hydrogen (secondary N) is 4. The first-order chi connectivity index (χ1) is 16.6. The largest absolute Gasteiger partial charge is 0.382 e. The molecule has 0 spiro atoms. The molecule has 4 rings (SSSR count). The van der Waals surface area contributed by atoms with Crippen molar-refractivity contribution in [3.8, 4) is 0 Å². The van der Waals surface area contributed by atoms with E-state index in [0.717, 1.165) is 39.3 Å². The molecule has 0 saturated carbocycles. The Morgan fingerprint density at radius 2 is 1.74 bits per heavy atom. The van der Waals surface area contributed by atoms with E-state index in [1.54, 1.807) is 10.9 Å². The first-order valence-corrected chi connectivity index (χ1v) is 11.9. The Hall–Kier alpha value is -2.87. The molecule has 0 aromatic carbocycles. The summed E-state index contributed by atoms with van der Waals surface area (Å²) in [6.07, 6.45) is 3.53. The average Bonchev–Trinajstić information content (AvgIpc) is 3.47. The molecule has 2 fully saturated rings. The quantitative estimate of drug-likeness (QED) is 0.334. The fourth-order valence-electron chi connectivity index (χ4n) is 4.18. The van der Waals surface area contributed by atoms with Gasteiger partial charge in [-0.15, -0.1) is 0 Å². The normalized spacial score (nSPS) is 22.8. The molecule has 0 aliphatic carbocycles. The molecule has 13 nitrogen and oxygen atoms in total. The molecular weight excluding hydrogens is 440 g/mol. The van der Waals surface area contributed by atoms with Crippen molar-refractivity contribution in [3.05, 3.63) is 12.7 Å². The highest BCUT2D eigenvalue weighted by atomic mass is 16.5. The molecule has 2 amide bonds. The number of amides is 2. The van der Waals surface area contributed by atoms with Gasteiger partial charge in [0.15, 0.2) is 11.5 Å². The lowest BCUT2D eigenvalue weighted by molar-refractivity contribution is -0.134. The van der Waals surface area contributed by atoms with Crippen molar-refractivity contribution in [3.63, 3.8) is 0 Å². The van der Waals surface area contributed by atoms with E-state index < -0.39 is 6.10 Å². The van der Waals surface area contributed by atoms with Crippen LogP contribution in [0.1, 0.15) is 25.5 Å². The third-order valence-corrected chi connectivity index (χ3v) is 6.05. The van der Waals surface area contributed by atoms with Gasteiger partial charge in [-0.2, -0.15) is 0 Å². The zero-order valence-electron chi connectivity index (χ0n) is 19.3. The van der Waals surface area contributed by atoms with Gasteiger partial charge in [-0.25, -0.2) is 15.0 Å². The van der Waals surface area contributed by atoms with Crippen LogP contribution in [0.5, 0.6) is 0 Å². The summed E-state index contributed by atoms with van der Waals surface area (Å²) in [6.45, 7) is 6.62. The second-order valence-electron chi connectivity index (χ2n) is 8.41. The van der Waals surface area contributed by atoms with Crippen LogP contribution < -0.4 is 27.0 Å². The van der Waals surface area contributed by atoms with Gasteiger partial charge in [-0.05, 0) is 12.8 Å². The van der Waals surface area contributed by atoms with Crippen LogP contribution >= 0.6 is 0 Å². The van der Waals surface area contributed by atoms with Gasteiger partial charge < -0.3 is 36.6 Å². The number of rotatable bonds is 5. The minimum absolute atomic E-state index is 0.0338. The second-order valence-corrected chi connectivity index (χ2v) is 8.41. The summed E-state index contributed by atoms with van der Waals surface area (Å²) >= 11 is 0. The number of aromatic nitrogens is 4. The highest BCUT2D eigenvalue weighted by molar-refractivity contribution is 5.83. The summed E-state index contributed by atoms with van der Waals surface area (Å²) in [6, 6.07) is 0. The Bertz CT molecular complexity index is 955. The molecule has 6 N–H and O–H groups in total. The van der Waals surface area contributed by atoms with E-state index in [9.17, 15) is 9.59 Å². The van der Waals surface area contributed by atoms with Crippen molar-refractivity contribution < 1.29 is 14.3 Å². The SMILES string of the molecule is Nc1ncnc2c1ncn2[C@H]1CC[C@@H](C(=O)NCCC(=O)N2CCNCCNCCNCC2)O1. The Labute approximate surface area is 198 Å². The lowest BCUT2D eigenvalue weighted by Gasteiger charge is -2.24. The molecule has 34 heavy (non-hydrogen) atoms. The molecule has 2 aliphatic rings. The van der Waals surface area contributed by atoms with Crippen LogP contribution in [0.2, 0.25) is 0 Å². The second kappa shape index (κ2) is 12.0. The summed E-state index contributed by atoms with van der Waals surface area (Å²) in [7, 11) is 0. The van der Waals surface area contributed by atoms with E-state index >= 15 is 0 Å². The number of hydrogen-bond acceptors (Lipinski definition) is 10. The maximum absolute atomic E-state index is 12.7. The molecule has 2 atom stereocenters. The molecule has 0 radical (unpaired) electrons. The van der Waals surface area contributed by atoms with Crippen molar-refractivity contribution in [2.45, 2.75) is 31.6 Å². The molecule has 0 unspecified atom stereocenters. The van der Waals surface area contributed by atoms with Crippen molar-refractivity contribution in [1.29, 1.82) is 0 Å². The number of fused-ring (bicyclic) bond motifs is 1. The van der Waals surface area contributed by atoms with Crippen molar-refractivity contribution in [2.75, 3.05) is 64.6 Å². The number of carbonyl (C=O) groups excluding carboxylic acids is 2. The number of imidazole rings is 1. The van der Waals surface area contributed by atoms with Gasteiger partial charge in [0.2, 0.25) is 11.8 Å². The average molecular weight is 475 g/mol. The van der Waals surface area contributed by atoms with Crippen LogP contribution in [0.4, 0.5) is 5.82 Å². The van der Waals surface area contributed by atoms with Crippen LogP contribution in [0, 0.1) is 0 Å². The van der Waals surface area contributed by atoms with Crippen molar-refractivity contribution in [2.24, 2.45) is 0 Å². The molecule has 2 aliphatic heterocycles. The van der Waals surface area contributed by atoms with Crippen LogP contribution in [-0.2, 0) is 14.3 Å². The zero-order chi connectivity index (χ0) is 23.8. The summed E-state index contributed by atoms with van der Waals surface area (Å²) in [5.74, 6) is 0.131. The number of nitrogen functional groups attached to an aromatic ring is 1. The fourth-order valence-corrected chi connectivity index (χ4v) is 4.18. The van der Waals surface area contributed by atoms with E-state index in [2.05, 4.69) is 36.2 Å². The molecule has 2 aromatic heterocycles. The summed E-state index contributed by atoms with van der Waals surface area (Å²) in [4.78, 5) is 39.6. The number of anilines is 1. The summed E-state index contributed by atoms with van der Waals surface area (Å²) < 4.78 is 7.74. The first-order valence-electron chi connectivity index (χ1n) is 11.9. The molecule has 13 heteroatoms. The highest BCUT2D eigenvalue weighted by Crippen LogP contribution is 2.31. The van der Waals surface area contributed by atoms with E-state index in [4.69, 9.17) is 10.5 Å². The van der Waals surface area contributed by atoms with E-state index in [0.29, 0.717) is 42.9 Å². The molecular formula is C21H34N10O3. The van der Waals surface area contributed by atoms with E-state index in [-0.39, 0.29) is 31.0 Å². The number of nitrogens with two attached hydrogens (primary N) is 1. The molecule has 4 heterocycles. The number of nitrogens with zero attached hydrogens (tertiary/aromatic N) is 5. The van der Waals surface area contributed by atoms with Gasteiger partial charge >= 0.3 is 0 Å². The number of hydrogen-bond donors (Lipinski definition) is 5. The monoisotopic (exact) mass is 474 g/mol. The Morgan fingerprint density at radius 1 is 1.03 bits per heavy atom. The maximum Gasteiger partial charge on any atom is 0.249 e. The Balaban J connectivity index is 1.22. The zero-order valence-corrected chi connectivity index (χ0v) is 19.3. The summed E-state index contributed by atoms with van der Waals surface area (Å²) in [5.41, 5.74) is 6.94. The molecule has 2 aromatic rings. The van der Waals surface area contributed by atoms with Crippen LogP contribution in [0.25, 0.3) is 11.2 Å². The van der Waals surface area contributed by atoms with Crippen molar-refractivity contribution >= 4 is 28.8 Å². The Kier molecular flexibility index (Phi) is 8.57. The number of carbonyl (C=O) groups is 2. The van der Waals surface area contributed by atoms with Gasteiger partial charge in [0.1, 0.15) is 24.2 Å². The van der Waals surface area contributed by atoms with Gasteiger partial charge in [-0.1, -0.05) is 0 Å². The molecule has 186 valence electrons. The maximum atomic E-state index is 12.7. The predicted octanol–water partition coefficient (Wildman–Crippen LogP) is -1.80. The smallest absolute Gasteiger partial charge is 0.249 e. The van der Waals surface area contributed by atoms with Crippen LogP contribution in [-0.4, -0.2) is 101 Å². The van der Waals surface area contributed by atoms with Gasteiger partial charge in [0.05, 0.1) is 6.33 Å². The topological polar surface area (TPSA) is 164 Å². The lowest BCUT2D eigenvalue weighted by Crippen LogP contribution is -2.45. The van der Waals surface area contributed by atoms with Crippen LogP contribution in [0.3, 0.4) is 0 Å². The predicted molar refractivity (Wildman–Crippen MR) is 126 cm³/mol. The first kappa shape index (κ1) is 24.3. The third kappa shape index (κ3) is 6.17. The standard InChI is InChI=1S/C21H34N10O3/c22-19-18-20(28-13-27-19)31(14-29-18)17-2-1-15(34-17)21(33)26-4-3-16(32)30-11-9-24-7-5-23-6-8-25-10-12-30/h13-15,17,23-25H,1-12H2,(H,26,33)(H2,22,27,28)/t15-,17+/m0/s1. The molecule has 0 bridgehead atoms. The summed E-state index contributed by atoms with van der Waals surface area (Å²) in [5, 5.41) is 12.9. The Morgan fingerprint density at radius 3 is 2.47 bits per heavy atom. The van der Waals surface area contributed by atoms with Gasteiger partial charge in [0.25, 0.3) is 0 Å². The third-order valence-electron chi connectivity index (χ3n) is 6.05. The molecule has 2 saturated heterocycles. The fraction of sp³-hybridized carbons (Fsp3) is 0.667. The van der Waals surface area contributed by atoms with Crippen LogP contribution in [0.15, 0.2) is 12.7 Å². The highest BCUT2D eigenvalue weighted by Gasteiger charge is 2.32. The van der Waals surface area contributed by atoms with Gasteiger partial charge in [-0.3, -0.25) is 14.2 Å². The van der Waals surface area contributed by atoms with E-state index in [1.165, 1.54) is 6.33 Å². The lowest BCUT2D eigenvalue weighted by atomic mass is 10.2. The van der Waals surface area contributed by atoms with E-state index in [1.807, 2.05) is 4.90 Å².